The molecule has 0 aromatic heterocycles. The molecule has 0 spiro atoms. The van der Waals surface area contributed by atoms with E-state index in [2.05, 4.69) is 27.7 Å². The van der Waals surface area contributed by atoms with Gasteiger partial charge >= 0.3 is 0 Å². The predicted octanol–water partition coefficient (Wildman–Crippen LogP) is 9.03. The number of hydrogen-bond acceptors (Lipinski definition) is 4. The Morgan fingerprint density at radius 3 is 2.13 bits per heavy atom. The van der Waals surface area contributed by atoms with Crippen LogP contribution in [0.3, 0.4) is 0 Å². The van der Waals surface area contributed by atoms with Crippen molar-refractivity contribution in [2.24, 2.45) is 17.8 Å². The van der Waals surface area contributed by atoms with Crippen molar-refractivity contribution in [1.29, 1.82) is 0 Å². The van der Waals surface area contributed by atoms with E-state index < -0.39 is 5.60 Å². The van der Waals surface area contributed by atoms with E-state index in [0.29, 0.717) is 41.2 Å². The highest BCUT2D eigenvalue weighted by Crippen LogP contribution is 2.33. The zero-order valence-corrected chi connectivity index (χ0v) is 25.0. The maximum Gasteiger partial charge on any atom is 0.188 e. The third-order valence-electron chi connectivity index (χ3n) is 8.53. The normalized spacial score (nSPS) is 15.3. The second-order valence-electron chi connectivity index (χ2n) is 12.8. The number of aliphatic hydroxyl groups is 1. The average molecular weight is 522 g/mol. The Hall–Kier alpha value is -2.20. The Bertz CT molecular complexity index is 1190. The van der Waals surface area contributed by atoms with Crippen LogP contribution < -0.4 is 5.43 Å². The molecule has 0 bridgehead atoms. The molecule has 38 heavy (non-hydrogen) atoms. The molecule has 4 heteroatoms. The Kier molecular flexibility index (Phi) is 11.0. The molecule has 1 aromatic rings. The summed E-state index contributed by atoms with van der Waals surface area (Å²) in [5, 5.41) is 11.2. The minimum Gasteiger partial charge on any atom is -0.452 e. The Labute approximate surface area is 230 Å². The minimum atomic E-state index is -0.813. The van der Waals surface area contributed by atoms with Crippen molar-refractivity contribution in [3.05, 3.63) is 51.2 Å². The highest BCUT2D eigenvalue weighted by Gasteiger charge is 2.26. The molecule has 3 atom stereocenters. The summed E-state index contributed by atoms with van der Waals surface area (Å²) in [6, 6.07) is 7.67. The third-order valence-corrected chi connectivity index (χ3v) is 8.53. The molecule has 0 saturated heterocycles. The molecule has 1 aliphatic carbocycles. The lowest BCUT2D eigenvalue weighted by Gasteiger charge is -2.25. The molecular formula is C34H51NO3. The van der Waals surface area contributed by atoms with Gasteiger partial charge in [-0.2, -0.15) is 0 Å². The summed E-state index contributed by atoms with van der Waals surface area (Å²) >= 11 is 0. The van der Waals surface area contributed by atoms with Gasteiger partial charge in [-0.1, -0.05) is 91.2 Å². The largest absolute Gasteiger partial charge is 0.452 e. The van der Waals surface area contributed by atoms with Crippen LogP contribution in [0.25, 0.3) is 22.6 Å². The highest BCUT2D eigenvalue weighted by atomic mass is 16.3. The van der Waals surface area contributed by atoms with Gasteiger partial charge in [0.25, 0.3) is 0 Å². The second kappa shape index (κ2) is 13.7. The molecule has 4 nitrogen and oxygen atoms in total. The third kappa shape index (κ3) is 8.40. The lowest BCUT2D eigenvalue weighted by atomic mass is 9.87. The van der Waals surface area contributed by atoms with Crippen LogP contribution in [0.1, 0.15) is 116 Å². The summed E-state index contributed by atoms with van der Waals surface area (Å²) in [7, 11) is 0. The van der Waals surface area contributed by atoms with Gasteiger partial charge in [-0.15, -0.1) is 0 Å². The molecule has 3 unspecified atom stereocenters. The summed E-state index contributed by atoms with van der Waals surface area (Å²) in [6.45, 7) is 15.1. The van der Waals surface area contributed by atoms with Gasteiger partial charge in [0, 0.05) is 11.1 Å². The fraction of sp³-hybridized carbons (Fsp3) is 0.647. The van der Waals surface area contributed by atoms with Gasteiger partial charge in [-0.05, 0) is 75.5 Å². The SMILES string of the molecule is Cc1c2nc3ccccc3oc-2c(CCC(C)(O)CCCC(C)CCCC(C)CCCC(C)C)c(=O)c1C. The number of benzene rings is 2. The monoisotopic (exact) mass is 521 g/mol. The van der Waals surface area contributed by atoms with Crippen LogP contribution in [0, 0.1) is 31.6 Å². The molecule has 1 aromatic carbocycles. The number of aromatic nitrogens is 1. The van der Waals surface area contributed by atoms with E-state index in [9.17, 15) is 9.90 Å². The molecule has 0 amide bonds. The number of nitrogens with zero attached hydrogens (tertiary/aromatic N) is 1. The number of hydrogen-bond donors (Lipinski definition) is 1. The standard InChI is InChI=1S/C34H51NO3/c1-23(2)13-10-14-24(3)15-11-16-25(4)17-12-21-34(7,37)22-20-28-32(36)27(6)26(5)31-33(28)38-30-19-9-8-18-29(30)35-31/h8-9,18-19,23-25,37H,10-17,20-22H2,1-7H3. The summed E-state index contributed by atoms with van der Waals surface area (Å²) in [5.74, 6) is 2.90. The van der Waals surface area contributed by atoms with Crippen molar-refractivity contribution in [3.8, 4) is 11.5 Å². The van der Waals surface area contributed by atoms with Crippen molar-refractivity contribution < 1.29 is 9.52 Å². The molecule has 210 valence electrons. The highest BCUT2D eigenvalue weighted by molar-refractivity contribution is 5.78. The Morgan fingerprint density at radius 1 is 0.868 bits per heavy atom. The van der Waals surface area contributed by atoms with E-state index in [1.807, 2.05) is 45.0 Å². The molecule has 1 heterocycles. The first kappa shape index (κ1) is 30.3. The van der Waals surface area contributed by atoms with Crippen LogP contribution in [-0.4, -0.2) is 15.7 Å². The van der Waals surface area contributed by atoms with Crippen molar-refractivity contribution in [2.45, 2.75) is 125 Å². The summed E-state index contributed by atoms with van der Waals surface area (Å²) in [4.78, 5) is 18.0. The van der Waals surface area contributed by atoms with E-state index in [0.717, 1.165) is 47.9 Å². The number of para-hydroxylation sites is 2. The van der Waals surface area contributed by atoms with Crippen LogP contribution >= 0.6 is 0 Å². The number of rotatable bonds is 15. The Morgan fingerprint density at radius 2 is 1.47 bits per heavy atom. The zero-order chi connectivity index (χ0) is 27.9. The quantitative estimate of drug-likeness (QED) is 0.203. The van der Waals surface area contributed by atoms with Crippen LogP contribution in [-0.2, 0) is 6.42 Å². The van der Waals surface area contributed by atoms with Gasteiger partial charge in [0.15, 0.2) is 16.8 Å². The van der Waals surface area contributed by atoms with Crippen LogP contribution in [0.15, 0.2) is 33.5 Å². The van der Waals surface area contributed by atoms with Gasteiger partial charge in [-0.25, -0.2) is 4.98 Å². The fourth-order valence-corrected chi connectivity index (χ4v) is 5.66. The van der Waals surface area contributed by atoms with Gasteiger partial charge in [-0.3, -0.25) is 4.79 Å². The number of fused-ring (bicyclic) bond motifs is 2. The van der Waals surface area contributed by atoms with Crippen LogP contribution in [0.4, 0.5) is 0 Å². The van der Waals surface area contributed by atoms with Gasteiger partial charge < -0.3 is 9.52 Å². The molecule has 1 aliphatic heterocycles. The van der Waals surface area contributed by atoms with Gasteiger partial charge in [0.1, 0.15) is 11.2 Å². The van der Waals surface area contributed by atoms with Crippen LogP contribution in [0.2, 0.25) is 0 Å². The molecule has 0 radical (unpaired) electrons. The second-order valence-corrected chi connectivity index (χ2v) is 12.8. The molecule has 1 N–H and O–H groups in total. The van der Waals surface area contributed by atoms with Crippen molar-refractivity contribution in [2.75, 3.05) is 0 Å². The molecule has 0 fully saturated rings. The first-order chi connectivity index (χ1) is 18.0. The van der Waals surface area contributed by atoms with Crippen LogP contribution in [0.5, 0.6) is 0 Å². The van der Waals surface area contributed by atoms with E-state index in [4.69, 9.17) is 9.40 Å². The van der Waals surface area contributed by atoms with Gasteiger partial charge in [0.05, 0.1) is 5.60 Å². The maximum atomic E-state index is 13.2. The first-order valence-electron chi connectivity index (χ1n) is 15.0. The van der Waals surface area contributed by atoms with Crippen molar-refractivity contribution in [3.63, 3.8) is 0 Å². The first-order valence-corrected chi connectivity index (χ1v) is 15.0. The molecule has 2 aliphatic rings. The van der Waals surface area contributed by atoms with Gasteiger partial charge in [0.2, 0.25) is 0 Å². The van der Waals surface area contributed by atoms with E-state index >= 15 is 0 Å². The molecule has 3 rings (SSSR count). The smallest absolute Gasteiger partial charge is 0.188 e. The Balaban J connectivity index is 1.52. The zero-order valence-electron chi connectivity index (χ0n) is 25.0. The summed E-state index contributed by atoms with van der Waals surface area (Å²) in [5.41, 5.74) is 3.63. The maximum absolute atomic E-state index is 13.2. The lowest BCUT2D eigenvalue weighted by Crippen LogP contribution is -2.27. The molecule has 0 saturated carbocycles. The summed E-state index contributed by atoms with van der Waals surface area (Å²) in [6.07, 6.45) is 11.9. The van der Waals surface area contributed by atoms with E-state index in [1.54, 1.807) is 0 Å². The van der Waals surface area contributed by atoms with E-state index in [-0.39, 0.29) is 5.43 Å². The molecular weight excluding hydrogens is 470 g/mol. The topological polar surface area (TPSA) is 63.3 Å². The predicted molar refractivity (Wildman–Crippen MR) is 160 cm³/mol. The van der Waals surface area contributed by atoms with Crippen molar-refractivity contribution >= 4 is 11.1 Å². The summed E-state index contributed by atoms with van der Waals surface area (Å²) < 4.78 is 6.21. The van der Waals surface area contributed by atoms with E-state index in [1.165, 1.54) is 38.5 Å². The average Bonchev–Trinajstić information content (AvgIpc) is 2.86. The minimum absolute atomic E-state index is 0.0127. The fourth-order valence-electron chi connectivity index (χ4n) is 5.66. The lowest BCUT2D eigenvalue weighted by molar-refractivity contribution is 0.0385. The van der Waals surface area contributed by atoms with Crippen molar-refractivity contribution in [1.82, 2.24) is 4.98 Å².